The summed E-state index contributed by atoms with van der Waals surface area (Å²) < 4.78 is 10.5. The van der Waals surface area contributed by atoms with E-state index in [0.29, 0.717) is 37.0 Å². The van der Waals surface area contributed by atoms with E-state index in [9.17, 15) is 4.79 Å². The molecule has 3 rings (SSSR count). The zero-order valence-electron chi connectivity index (χ0n) is 14.7. The molecule has 1 aromatic carbocycles. The molecule has 0 spiro atoms. The summed E-state index contributed by atoms with van der Waals surface area (Å²) in [5, 5.41) is 0.682. The summed E-state index contributed by atoms with van der Waals surface area (Å²) in [6, 6.07) is 9.52. The topological polar surface area (TPSA) is 45.9 Å². The van der Waals surface area contributed by atoms with Crippen LogP contribution in [0.25, 0.3) is 11.1 Å². The lowest BCUT2D eigenvalue weighted by Gasteiger charge is -2.32. The van der Waals surface area contributed by atoms with Gasteiger partial charge in [0.25, 0.3) is 0 Å². The minimum atomic E-state index is -0.236. The van der Waals surface area contributed by atoms with Crippen LogP contribution in [0.4, 0.5) is 4.79 Å². The number of benzene rings is 1. The summed E-state index contributed by atoms with van der Waals surface area (Å²) in [5.74, 6) is 6.91. The predicted octanol–water partition coefficient (Wildman–Crippen LogP) is 3.73. The zero-order chi connectivity index (χ0) is 18.4. The van der Waals surface area contributed by atoms with Gasteiger partial charge < -0.3 is 14.1 Å². The van der Waals surface area contributed by atoms with Gasteiger partial charge in [-0.3, -0.25) is 4.90 Å². The molecular weight excluding hydrogens is 352 g/mol. The van der Waals surface area contributed by atoms with Crippen molar-refractivity contribution >= 4 is 17.7 Å². The summed E-state index contributed by atoms with van der Waals surface area (Å²) in [5.41, 5.74) is 1.92. The van der Waals surface area contributed by atoms with Crippen molar-refractivity contribution in [3.63, 3.8) is 0 Å². The lowest BCUT2D eigenvalue weighted by Crippen LogP contribution is -2.48. The van der Waals surface area contributed by atoms with Gasteiger partial charge >= 0.3 is 6.09 Å². The molecule has 0 atom stereocenters. The van der Waals surface area contributed by atoms with E-state index in [0.717, 1.165) is 24.2 Å². The van der Waals surface area contributed by atoms with Crippen molar-refractivity contribution in [1.29, 1.82) is 0 Å². The fourth-order valence-corrected chi connectivity index (χ4v) is 3.01. The smallest absolute Gasteiger partial charge is 0.409 e. The van der Waals surface area contributed by atoms with E-state index in [1.54, 1.807) is 11.2 Å². The molecule has 1 fully saturated rings. The second kappa shape index (κ2) is 8.79. The van der Waals surface area contributed by atoms with E-state index in [-0.39, 0.29) is 6.09 Å². The summed E-state index contributed by atoms with van der Waals surface area (Å²) in [6.45, 7) is 5.74. The number of hydrogen-bond acceptors (Lipinski definition) is 4. The summed E-state index contributed by atoms with van der Waals surface area (Å²) in [7, 11) is 0. The van der Waals surface area contributed by atoms with Crippen LogP contribution in [-0.2, 0) is 4.74 Å². The number of ether oxygens (including phenoxy) is 1. The molecule has 1 amide bonds. The van der Waals surface area contributed by atoms with Gasteiger partial charge in [-0.1, -0.05) is 29.7 Å². The third kappa shape index (κ3) is 4.60. The number of furan rings is 1. The lowest BCUT2D eigenvalue weighted by molar-refractivity contribution is 0.0829. The Hall–Kier alpha value is -2.42. The highest BCUT2D eigenvalue weighted by Gasteiger charge is 2.21. The Morgan fingerprint density at radius 1 is 1.27 bits per heavy atom. The summed E-state index contributed by atoms with van der Waals surface area (Å²) >= 11 is 6.06. The van der Waals surface area contributed by atoms with Crippen LogP contribution in [0.1, 0.15) is 12.7 Å². The van der Waals surface area contributed by atoms with Gasteiger partial charge in [0, 0.05) is 36.8 Å². The number of halogens is 1. The Bertz CT molecular complexity index is 814. The highest BCUT2D eigenvalue weighted by atomic mass is 35.5. The first kappa shape index (κ1) is 18.4. The molecule has 1 aliphatic heterocycles. The molecule has 0 unspecified atom stereocenters. The molecule has 1 saturated heterocycles. The van der Waals surface area contributed by atoms with Gasteiger partial charge in [0.2, 0.25) is 0 Å². The van der Waals surface area contributed by atoms with Crippen molar-refractivity contribution in [2.45, 2.75) is 6.92 Å². The van der Waals surface area contributed by atoms with Gasteiger partial charge in [0.1, 0.15) is 0 Å². The van der Waals surface area contributed by atoms with Gasteiger partial charge in [-0.2, -0.15) is 0 Å². The van der Waals surface area contributed by atoms with Crippen LogP contribution in [0.3, 0.4) is 0 Å². The number of carbonyl (C=O) groups excluding carboxylic acids is 1. The Morgan fingerprint density at radius 3 is 2.81 bits per heavy atom. The second-order valence-electron chi connectivity index (χ2n) is 5.94. The third-order valence-corrected chi connectivity index (χ3v) is 4.44. The van der Waals surface area contributed by atoms with Crippen molar-refractivity contribution in [2.75, 3.05) is 39.3 Å². The summed E-state index contributed by atoms with van der Waals surface area (Å²) in [6.07, 6.45) is 1.40. The van der Waals surface area contributed by atoms with Crippen LogP contribution in [0.5, 0.6) is 0 Å². The standard InChI is InChI=1S/C20H21ClN2O3/c1-2-25-20(24)23-12-10-22(11-13-23)9-4-7-19-18(8-14-26-19)16-5-3-6-17(21)15-16/h3,5-6,8,14-15H,2,9-13H2,1H3. The van der Waals surface area contributed by atoms with Crippen LogP contribution in [-0.4, -0.2) is 55.2 Å². The maximum absolute atomic E-state index is 11.7. The average molecular weight is 373 g/mol. The molecule has 26 heavy (non-hydrogen) atoms. The van der Waals surface area contributed by atoms with Crippen LogP contribution in [0.15, 0.2) is 41.0 Å². The van der Waals surface area contributed by atoms with Crippen LogP contribution < -0.4 is 0 Å². The molecule has 0 N–H and O–H groups in total. The molecule has 0 aliphatic carbocycles. The van der Waals surface area contributed by atoms with Crippen molar-refractivity contribution in [1.82, 2.24) is 9.80 Å². The Labute approximate surface area is 158 Å². The van der Waals surface area contributed by atoms with Crippen molar-refractivity contribution in [2.24, 2.45) is 0 Å². The SMILES string of the molecule is CCOC(=O)N1CCN(CC#Cc2occc2-c2cccc(Cl)c2)CC1. The molecule has 0 bridgehead atoms. The molecular formula is C20H21ClN2O3. The van der Waals surface area contributed by atoms with Gasteiger partial charge in [0.05, 0.1) is 19.4 Å². The van der Waals surface area contributed by atoms with Gasteiger partial charge in [-0.05, 0) is 36.6 Å². The minimum absolute atomic E-state index is 0.236. The van der Waals surface area contributed by atoms with E-state index < -0.39 is 0 Å². The number of hydrogen-bond donors (Lipinski definition) is 0. The van der Waals surface area contributed by atoms with E-state index in [2.05, 4.69) is 16.7 Å². The van der Waals surface area contributed by atoms with Crippen LogP contribution in [0.2, 0.25) is 5.02 Å². The first-order valence-corrected chi connectivity index (χ1v) is 9.01. The number of piperazine rings is 1. The first-order chi connectivity index (χ1) is 12.7. The maximum Gasteiger partial charge on any atom is 0.409 e. The van der Waals surface area contributed by atoms with Gasteiger partial charge in [0.15, 0.2) is 5.76 Å². The zero-order valence-corrected chi connectivity index (χ0v) is 15.5. The minimum Gasteiger partial charge on any atom is -0.455 e. The van der Waals surface area contributed by atoms with Crippen molar-refractivity contribution in [3.05, 3.63) is 47.4 Å². The largest absolute Gasteiger partial charge is 0.455 e. The molecule has 1 aliphatic rings. The van der Waals surface area contributed by atoms with E-state index in [1.807, 2.05) is 37.3 Å². The Morgan fingerprint density at radius 2 is 2.08 bits per heavy atom. The Kier molecular flexibility index (Phi) is 6.21. The fourth-order valence-electron chi connectivity index (χ4n) is 2.82. The molecule has 0 saturated carbocycles. The molecule has 1 aromatic heterocycles. The fraction of sp³-hybridized carbons (Fsp3) is 0.350. The van der Waals surface area contributed by atoms with E-state index >= 15 is 0 Å². The molecule has 2 aromatic rings. The van der Waals surface area contributed by atoms with E-state index in [4.69, 9.17) is 20.8 Å². The normalized spacial score (nSPS) is 14.6. The Balaban J connectivity index is 1.57. The van der Waals surface area contributed by atoms with Crippen molar-refractivity contribution < 1.29 is 13.9 Å². The summed E-state index contributed by atoms with van der Waals surface area (Å²) in [4.78, 5) is 15.7. The predicted molar refractivity (Wildman–Crippen MR) is 101 cm³/mol. The number of rotatable bonds is 3. The van der Waals surface area contributed by atoms with Crippen molar-refractivity contribution in [3.8, 4) is 23.0 Å². The number of carbonyl (C=O) groups is 1. The first-order valence-electron chi connectivity index (χ1n) is 8.63. The highest BCUT2D eigenvalue weighted by Crippen LogP contribution is 2.26. The molecule has 0 radical (unpaired) electrons. The van der Waals surface area contributed by atoms with Gasteiger partial charge in [-0.15, -0.1) is 0 Å². The maximum atomic E-state index is 11.7. The van der Waals surface area contributed by atoms with E-state index in [1.165, 1.54) is 0 Å². The highest BCUT2D eigenvalue weighted by molar-refractivity contribution is 6.30. The second-order valence-corrected chi connectivity index (χ2v) is 6.37. The molecule has 6 heteroatoms. The lowest BCUT2D eigenvalue weighted by atomic mass is 10.1. The quantitative estimate of drug-likeness (QED) is 0.770. The molecule has 2 heterocycles. The number of nitrogens with zero attached hydrogens (tertiary/aromatic N) is 2. The third-order valence-electron chi connectivity index (χ3n) is 4.20. The molecule has 5 nitrogen and oxygen atoms in total. The average Bonchev–Trinajstić information content (AvgIpc) is 3.11. The number of amides is 1. The monoisotopic (exact) mass is 372 g/mol. The molecule has 136 valence electrons. The van der Waals surface area contributed by atoms with Crippen LogP contribution >= 0.6 is 11.6 Å². The van der Waals surface area contributed by atoms with Crippen LogP contribution in [0, 0.1) is 11.8 Å². The van der Waals surface area contributed by atoms with Gasteiger partial charge in [-0.25, -0.2) is 4.79 Å².